The monoisotopic (exact) mass is 368 g/mol. The van der Waals surface area contributed by atoms with Crippen LogP contribution in [0.1, 0.15) is 0 Å². The zero-order valence-corrected chi connectivity index (χ0v) is 15.4. The standard InChI is InChI=1S/C18H20N6OS/c1-22-7-9-23(10-8-22)16(25)12-26-18-15-11-21-24(17(15)19-13-20-18)14-5-3-2-4-6-14/h2-6,11,13H,7-10,12H2,1H3. The number of rotatable bonds is 4. The lowest BCUT2D eigenvalue weighted by Gasteiger charge is -2.32. The minimum Gasteiger partial charge on any atom is -0.339 e. The Kier molecular flexibility index (Phi) is 4.85. The van der Waals surface area contributed by atoms with Crippen molar-refractivity contribution in [3.63, 3.8) is 0 Å². The lowest BCUT2D eigenvalue weighted by Crippen LogP contribution is -2.47. The fourth-order valence-electron chi connectivity index (χ4n) is 2.97. The molecule has 0 N–H and O–H groups in total. The number of piperazine rings is 1. The first-order chi connectivity index (χ1) is 12.7. The molecule has 0 aliphatic carbocycles. The topological polar surface area (TPSA) is 67.2 Å². The average Bonchev–Trinajstić information content (AvgIpc) is 3.12. The number of para-hydroxylation sites is 1. The van der Waals surface area contributed by atoms with E-state index in [4.69, 9.17) is 0 Å². The third-order valence-corrected chi connectivity index (χ3v) is 5.51. The van der Waals surface area contributed by atoms with Crippen LogP contribution in [0.5, 0.6) is 0 Å². The quantitative estimate of drug-likeness (QED) is 0.516. The molecule has 26 heavy (non-hydrogen) atoms. The molecular weight excluding hydrogens is 348 g/mol. The first-order valence-corrected chi connectivity index (χ1v) is 9.54. The molecule has 4 rings (SSSR count). The summed E-state index contributed by atoms with van der Waals surface area (Å²) in [6.07, 6.45) is 3.30. The number of hydrogen-bond donors (Lipinski definition) is 0. The molecule has 2 aromatic heterocycles. The van der Waals surface area contributed by atoms with Crippen molar-refractivity contribution < 1.29 is 4.79 Å². The van der Waals surface area contributed by atoms with Crippen molar-refractivity contribution in [2.24, 2.45) is 0 Å². The molecule has 0 unspecified atom stereocenters. The molecule has 1 aromatic carbocycles. The van der Waals surface area contributed by atoms with Crippen molar-refractivity contribution >= 4 is 28.7 Å². The SMILES string of the molecule is CN1CCN(C(=O)CSc2ncnc3c2cnn3-c2ccccc2)CC1. The van der Waals surface area contributed by atoms with Crippen molar-refractivity contribution in [3.8, 4) is 5.69 Å². The molecule has 0 bridgehead atoms. The van der Waals surface area contributed by atoms with Crippen molar-refractivity contribution in [2.45, 2.75) is 5.03 Å². The fraction of sp³-hybridized carbons (Fsp3) is 0.333. The van der Waals surface area contributed by atoms with Crippen LogP contribution < -0.4 is 0 Å². The van der Waals surface area contributed by atoms with E-state index in [0.717, 1.165) is 47.9 Å². The molecule has 0 atom stereocenters. The van der Waals surface area contributed by atoms with E-state index in [1.54, 1.807) is 10.9 Å². The summed E-state index contributed by atoms with van der Waals surface area (Å²) < 4.78 is 1.80. The van der Waals surface area contributed by atoms with E-state index in [1.807, 2.05) is 35.2 Å². The highest BCUT2D eigenvalue weighted by Crippen LogP contribution is 2.26. The summed E-state index contributed by atoms with van der Waals surface area (Å²) in [4.78, 5) is 25.4. The molecule has 0 radical (unpaired) electrons. The predicted molar refractivity (Wildman–Crippen MR) is 101 cm³/mol. The van der Waals surface area contributed by atoms with Crippen molar-refractivity contribution in [3.05, 3.63) is 42.9 Å². The number of thioether (sulfide) groups is 1. The number of amides is 1. The van der Waals surface area contributed by atoms with Gasteiger partial charge in [-0.2, -0.15) is 5.10 Å². The maximum atomic E-state index is 12.5. The minimum absolute atomic E-state index is 0.158. The molecule has 1 amide bonds. The van der Waals surface area contributed by atoms with Gasteiger partial charge in [0.1, 0.15) is 11.4 Å². The Labute approximate surface area is 156 Å². The molecule has 1 aliphatic rings. The summed E-state index contributed by atoms with van der Waals surface area (Å²) in [6, 6.07) is 9.87. The summed E-state index contributed by atoms with van der Waals surface area (Å²) in [5.41, 5.74) is 1.70. The van der Waals surface area contributed by atoms with Crippen LogP contribution in [0.15, 0.2) is 47.9 Å². The highest BCUT2D eigenvalue weighted by Gasteiger charge is 2.20. The van der Waals surface area contributed by atoms with Crippen LogP contribution in [0, 0.1) is 0 Å². The Morgan fingerprint density at radius 2 is 1.88 bits per heavy atom. The van der Waals surface area contributed by atoms with Crippen molar-refractivity contribution in [2.75, 3.05) is 39.0 Å². The third-order valence-electron chi connectivity index (χ3n) is 4.52. The summed E-state index contributed by atoms with van der Waals surface area (Å²) in [5, 5.41) is 6.11. The van der Waals surface area contributed by atoms with Gasteiger partial charge in [-0.15, -0.1) is 0 Å². The van der Waals surface area contributed by atoms with Crippen LogP contribution in [-0.4, -0.2) is 74.4 Å². The first kappa shape index (κ1) is 17.0. The number of carbonyl (C=O) groups excluding carboxylic acids is 1. The Hall–Kier alpha value is -2.45. The van der Waals surface area contributed by atoms with Crippen LogP contribution >= 0.6 is 11.8 Å². The summed E-state index contributed by atoms with van der Waals surface area (Å²) >= 11 is 1.45. The average molecular weight is 368 g/mol. The molecule has 1 aliphatic heterocycles. The largest absolute Gasteiger partial charge is 0.339 e. The molecule has 0 saturated carbocycles. The Bertz CT molecular complexity index is 904. The van der Waals surface area contributed by atoms with Gasteiger partial charge in [-0.3, -0.25) is 4.79 Å². The highest BCUT2D eigenvalue weighted by atomic mass is 32.2. The number of fused-ring (bicyclic) bond motifs is 1. The molecular formula is C18H20N6OS. The first-order valence-electron chi connectivity index (χ1n) is 8.55. The molecule has 3 aromatic rings. The van der Waals surface area contributed by atoms with Crippen molar-refractivity contribution in [1.82, 2.24) is 29.5 Å². The van der Waals surface area contributed by atoms with Gasteiger partial charge in [-0.25, -0.2) is 14.6 Å². The van der Waals surface area contributed by atoms with Crippen molar-refractivity contribution in [1.29, 1.82) is 0 Å². The Morgan fingerprint density at radius 3 is 2.65 bits per heavy atom. The maximum Gasteiger partial charge on any atom is 0.233 e. The van der Waals surface area contributed by atoms with Crippen LogP contribution in [-0.2, 0) is 4.79 Å². The minimum atomic E-state index is 0.158. The number of likely N-dealkylation sites (N-methyl/N-ethyl adjacent to an activating group) is 1. The number of carbonyl (C=O) groups is 1. The van der Waals surface area contributed by atoms with Gasteiger partial charge in [-0.1, -0.05) is 30.0 Å². The van der Waals surface area contributed by atoms with E-state index in [0.29, 0.717) is 5.75 Å². The van der Waals surface area contributed by atoms with Gasteiger partial charge in [0.2, 0.25) is 5.91 Å². The van der Waals surface area contributed by atoms with E-state index in [2.05, 4.69) is 27.0 Å². The third kappa shape index (κ3) is 3.42. The Balaban J connectivity index is 1.51. The molecule has 8 heteroatoms. The molecule has 7 nitrogen and oxygen atoms in total. The molecule has 3 heterocycles. The second kappa shape index (κ2) is 7.43. The summed E-state index contributed by atoms with van der Waals surface area (Å²) in [6.45, 7) is 3.44. The number of nitrogens with zero attached hydrogens (tertiary/aromatic N) is 6. The second-order valence-corrected chi connectivity index (χ2v) is 7.24. The van der Waals surface area contributed by atoms with E-state index in [9.17, 15) is 4.79 Å². The Morgan fingerprint density at radius 1 is 1.12 bits per heavy atom. The second-order valence-electron chi connectivity index (χ2n) is 6.28. The van der Waals surface area contributed by atoms with E-state index < -0.39 is 0 Å². The number of hydrogen-bond acceptors (Lipinski definition) is 6. The zero-order valence-electron chi connectivity index (χ0n) is 14.6. The smallest absolute Gasteiger partial charge is 0.233 e. The molecule has 1 saturated heterocycles. The molecule has 1 fully saturated rings. The van der Waals surface area contributed by atoms with Gasteiger partial charge in [0.25, 0.3) is 0 Å². The maximum absolute atomic E-state index is 12.5. The lowest BCUT2D eigenvalue weighted by molar-refractivity contribution is -0.129. The number of aromatic nitrogens is 4. The van der Waals surface area contributed by atoms with E-state index in [-0.39, 0.29) is 5.91 Å². The normalized spacial score (nSPS) is 15.5. The molecule has 134 valence electrons. The van der Waals surface area contributed by atoms with Gasteiger partial charge in [0, 0.05) is 26.2 Å². The van der Waals surface area contributed by atoms with Gasteiger partial charge in [0.05, 0.1) is 23.0 Å². The van der Waals surface area contributed by atoms with Crippen LogP contribution in [0.25, 0.3) is 16.7 Å². The van der Waals surface area contributed by atoms with Gasteiger partial charge < -0.3 is 9.80 Å². The highest BCUT2D eigenvalue weighted by molar-refractivity contribution is 8.00. The lowest BCUT2D eigenvalue weighted by atomic mass is 10.3. The summed E-state index contributed by atoms with van der Waals surface area (Å²) in [5.74, 6) is 0.539. The van der Waals surface area contributed by atoms with E-state index in [1.165, 1.54) is 18.1 Å². The predicted octanol–water partition coefficient (Wildman–Crippen LogP) is 1.68. The van der Waals surface area contributed by atoms with Gasteiger partial charge in [0.15, 0.2) is 5.65 Å². The summed E-state index contributed by atoms with van der Waals surface area (Å²) in [7, 11) is 2.08. The fourth-order valence-corrected chi connectivity index (χ4v) is 3.84. The van der Waals surface area contributed by atoms with Gasteiger partial charge in [-0.05, 0) is 19.2 Å². The van der Waals surface area contributed by atoms with Crippen LogP contribution in [0.3, 0.4) is 0 Å². The van der Waals surface area contributed by atoms with Crippen LogP contribution in [0.4, 0.5) is 0 Å². The van der Waals surface area contributed by atoms with Crippen LogP contribution in [0.2, 0.25) is 0 Å². The van der Waals surface area contributed by atoms with E-state index >= 15 is 0 Å². The zero-order chi connectivity index (χ0) is 17.9. The molecule has 0 spiro atoms. The number of benzene rings is 1. The van der Waals surface area contributed by atoms with Gasteiger partial charge >= 0.3 is 0 Å².